The predicted molar refractivity (Wildman–Crippen MR) is 179 cm³/mol. The van der Waals surface area contributed by atoms with Crippen molar-refractivity contribution < 1.29 is 13.6 Å². The van der Waals surface area contributed by atoms with E-state index in [-0.39, 0.29) is 28.3 Å². The molecule has 0 amide bonds. The van der Waals surface area contributed by atoms with E-state index < -0.39 is 22.9 Å². The summed E-state index contributed by atoms with van der Waals surface area (Å²) >= 11 is 2.32. The number of imidazole rings is 1. The molecular formula is C29H47IN6O3Si2. The Kier molecular flexibility index (Phi) is 9.45. The first-order valence-electron chi connectivity index (χ1n) is 14.3. The van der Waals surface area contributed by atoms with Crippen molar-refractivity contribution in [2.24, 2.45) is 5.73 Å². The molecule has 4 rings (SSSR count). The Hall–Kier alpha value is -1.43. The molecule has 2 aromatic heterocycles. The van der Waals surface area contributed by atoms with E-state index in [0.29, 0.717) is 30.1 Å². The van der Waals surface area contributed by atoms with Gasteiger partial charge in [0.05, 0.1) is 25.1 Å². The summed E-state index contributed by atoms with van der Waals surface area (Å²) in [5.41, 5.74) is 9.46. The minimum absolute atomic E-state index is 0.0124. The molecule has 1 aliphatic rings. The second kappa shape index (κ2) is 11.9. The molecule has 3 heterocycles. The molecule has 0 radical (unpaired) electrons. The summed E-state index contributed by atoms with van der Waals surface area (Å²) in [7, 11) is -4.19. The van der Waals surface area contributed by atoms with E-state index in [1.807, 2.05) is 4.57 Å². The predicted octanol–water partition coefficient (Wildman–Crippen LogP) is 6.68. The van der Waals surface area contributed by atoms with Gasteiger partial charge in [-0.1, -0.05) is 53.7 Å². The van der Waals surface area contributed by atoms with Crippen LogP contribution in [0.25, 0.3) is 11.2 Å². The maximum Gasteiger partial charge on any atom is 0.192 e. The lowest BCUT2D eigenvalue weighted by Gasteiger charge is -2.40. The Morgan fingerprint density at radius 1 is 1.02 bits per heavy atom. The van der Waals surface area contributed by atoms with Crippen LogP contribution in [-0.2, 0) is 20.1 Å². The van der Waals surface area contributed by atoms with Gasteiger partial charge in [-0.2, -0.15) is 0 Å². The molecule has 1 saturated heterocycles. The van der Waals surface area contributed by atoms with Gasteiger partial charge in [0.15, 0.2) is 39.8 Å². The summed E-state index contributed by atoms with van der Waals surface area (Å²) in [6.45, 7) is 23.5. The maximum absolute atomic E-state index is 6.97. The van der Waals surface area contributed by atoms with Crippen molar-refractivity contribution in [1.29, 1.82) is 0 Å². The zero-order valence-corrected chi connectivity index (χ0v) is 30.3. The minimum atomic E-state index is -2.19. The van der Waals surface area contributed by atoms with E-state index in [2.05, 4.69) is 130 Å². The molecule has 12 heteroatoms. The van der Waals surface area contributed by atoms with Crippen molar-refractivity contribution in [2.45, 2.75) is 109 Å². The van der Waals surface area contributed by atoms with Crippen LogP contribution in [0.1, 0.15) is 53.3 Å². The SMILES string of the molecule is CC(C)(C)[Si](C)(C)OC[C@H]1O[C@@H](n2cnc3c(NCc4cccc(I)c4)ncnc32)[C@H](O[Si](C)(C)C(C)(C)C)[C@@H]1N. The summed E-state index contributed by atoms with van der Waals surface area (Å²) in [4.78, 5) is 13.8. The average molecular weight is 711 g/mol. The zero-order chi connectivity index (χ0) is 30.4. The molecule has 0 aliphatic carbocycles. The van der Waals surface area contributed by atoms with Crippen LogP contribution >= 0.6 is 22.6 Å². The number of nitrogens with one attached hydrogen (secondary N) is 1. The van der Waals surface area contributed by atoms with Crippen LogP contribution in [0.15, 0.2) is 36.9 Å². The number of anilines is 1. The second-order valence-electron chi connectivity index (χ2n) is 14.1. The van der Waals surface area contributed by atoms with Gasteiger partial charge in [0.25, 0.3) is 0 Å². The largest absolute Gasteiger partial charge is 0.414 e. The van der Waals surface area contributed by atoms with Gasteiger partial charge < -0.3 is 24.6 Å². The van der Waals surface area contributed by atoms with E-state index in [1.165, 1.54) is 9.13 Å². The topological polar surface area (TPSA) is 109 Å². The lowest BCUT2D eigenvalue weighted by molar-refractivity contribution is -0.0445. The lowest BCUT2D eigenvalue weighted by atomic mass is 10.1. The maximum atomic E-state index is 6.97. The molecule has 4 atom stereocenters. The minimum Gasteiger partial charge on any atom is -0.414 e. The quantitative estimate of drug-likeness (QED) is 0.187. The molecule has 9 nitrogen and oxygen atoms in total. The molecule has 1 aliphatic heterocycles. The van der Waals surface area contributed by atoms with Crippen molar-refractivity contribution in [2.75, 3.05) is 11.9 Å². The highest BCUT2D eigenvalue weighted by Crippen LogP contribution is 2.43. The third-order valence-electron chi connectivity index (χ3n) is 9.04. The van der Waals surface area contributed by atoms with Crippen LogP contribution in [0.2, 0.25) is 36.3 Å². The molecule has 1 aromatic carbocycles. The number of halogens is 1. The standard InChI is InChI=1S/C29H47IN6O3Si2/c1-28(2,3)40(7,8)37-16-21-22(31)24(39-41(9,10)29(4,5)6)27(38-21)36-18-35-23-25(33-17-34-26(23)36)32-15-19-12-11-13-20(30)14-19/h11-14,17-18,21-22,24,27H,15-16,31H2,1-10H3,(H,32,33,34)/t21-,22-,24-,27-/m1/s1. The van der Waals surface area contributed by atoms with Gasteiger partial charge in [-0.25, -0.2) is 15.0 Å². The van der Waals surface area contributed by atoms with E-state index in [9.17, 15) is 0 Å². The van der Waals surface area contributed by atoms with Crippen molar-refractivity contribution in [3.05, 3.63) is 46.1 Å². The Balaban J connectivity index is 1.64. The van der Waals surface area contributed by atoms with E-state index in [1.54, 1.807) is 12.7 Å². The molecule has 0 saturated carbocycles. The molecule has 0 spiro atoms. The van der Waals surface area contributed by atoms with Crippen LogP contribution in [0, 0.1) is 3.57 Å². The van der Waals surface area contributed by atoms with E-state index in [0.717, 1.165) is 0 Å². The average Bonchev–Trinajstić information content (AvgIpc) is 3.41. The number of nitrogens with two attached hydrogens (primary N) is 1. The normalized spacial score (nSPS) is 22.4. The van der Waals surface area contributed by atoms with Gasteiger partial charge in [-0.05, 0) is 76.6 Å². The van der Waals surface area contributed by atoms with Crippen molar-refractivity contribution in [3.63, 3.8) is 0 Å². The number of aromatic nitrogens is 4. The van der Waals surface area contributed by atoms with Crippen LogP contribution in [-0.4, -0.2) is 61.0 Å². The van der Waals surface area contributed by atoms with E-state index >= 15 is 0 Å². The summed E-state index contributed by atoms with van der Waals surface area (Å²) in [5, 5.41) is 3.54. The van der Waals surface area contributed by atoms with Gasteiger partial charge in [-0.3, -0.25) is 4.57 Å². The molecule has 0 bridgehead atoms. The van der Waals surface area contributed by atoms with Crippen molar-refractivity contribution in [3.8, 4) is 0 Å². The van der Waals surface area contributed by atoms with Gasteiger partial charge >= 0.3 is 0 Å². The summed E-state index contributed by atoms with van der Waals surface area (Å²) < 4.78 is 23.4. The Morgan fingerprint density at radius 2 is 1.71 bits per heavy atom. The number of fused-ring (bicyclic) bond motifs is 1. The van der Waals surface area contributed by atoms with Gasteiger partial charge in [-0.15, -0.1) is 0 Å². The summed E-state index contributed by atoms with van der Waals surface area (Å²) in [5.74, 6) is 0.676. The molecule has 0 unspecified atom stereocenters. The smallest absolute Gasteiger partial charge is 0.192 e. The first-order chi connectivity index (χ1) is 18.9. The lowest BCUT2D eigenvalue weighted by Crippen LogP contribution is -2.52. The van der Waals surface area contributed by atoms with Gasteiger partial charge in [0.2, 0.25) is 0 Å². The third-order valence-corrected chi connectivity index (χ3v) is 18.7. The second-order valence-corrected chi connectivity index (χ2v) is 24.9. The number of nitrogens with zero attached hydrogens (tertiary/aromatic N) is 4. The van der Waals surface area contributed by atoms with Crippen LogP contribution in [0.4, 0.5) is 5.82 Å². The first kappa shape index (κ1) is 32.5. The van der Waals surface area contributed by atoms with E-state index in [4.69, 9.17) is 24.3 Å². The Bertz CT molecular complexity index is 1350. The fraction of sp³-hybridized carbons (Fsp3) is 0.621. The van der Waals surface area contributed by atoms with Crippen LogP contribution < -0.4 is 11.1 Å². The number of hydrogen-bond donors (Lipinski definition) is 2. The monoisotopic (exact) mass is 710 g/mol. The fourth-order valence-corrected chi connectivity index (χ4v) is 7.21. The molecule has 1 fully saturated rings. The van der Waals surface area contributed by atoms with Crippen molar-refractivity contribution in [1.82, 2.24) is 19.5 Å². The molecule has 3 N–H and O–H groups in total. The Morgan fingerprint density at radius 3 is 2.34 bits per heavy atom. The van der Waals surface area contributed by atoms with Gasteiger partial charge in [0, 0.05) is 10.1 Å². The highest BCUT2D eigenvalue weighted by Gasteiger charge is 2.50. The van der Waals surface area contributed by atoms with Crippen LogP contribution in [0.3, 0.4) is 0 Å². The third kappa shape index (κ3) is 7.05. The summed E-state index contributed by atoms with van der Waals surface area (Å²) in [6.07, 6.45) is 2.15. The molecule has 226 valence electrons. The molecular weight excluding hydrogens is 663 g/mol. The fourth-order valence-electron chi connectivity index (χ4n) is 4.28. The number of hydrogen-bond acceptors (Lipinski definition) is 8. The highest BCUT2D eigenvalue weighted by molar-refractivity contribution is 14.1. The zero-order valence-electron chi connectivity index (χ0n) is 26.2. The Labute approximate surface area is 260 Å². The van der Waals surface area contributed by atoms with Crippen LogP contribution in [0.5, 0.6) is 0 Å². The number of ether oxygens (including phenoxy) is 1. The number of rotatable bonds is 9. The van der Waals surface area contributed by atoms with Crippen molar-refractivity contribution >= 4 is 56.2 Å². The molecule has 41 heavy (non-hydrogen) atoms. The first-order valence-corrected chi connectivity index (χ1v) is 21.2. The highest BCUT2D eigenvalue weighted by atomic mass is 127. The summed E-state index contributed by atoms with van der Waals surface area (Å²) in [6, 6.07) is 8.00. The molecule has 3 aromatic rings. The number of benzene rings is 1. The van der Waals surface area contributed by atoms with Gasteiger partial charge in [0.1, 0.15) is 12.4 Å².